The molecule has 0 aliphatic carbocycles. The van der Waals surface area contributed by atoms with Crippen LogP contribution in [0.25, 0.3) is 0 Å². The predicted octanol–water partition coefficient (Wildman–Crippen LogP) is 2.41. The maximum absolute atomic E-state index is 13.3. The lowest BCUT2D eigenvalue weighted by Crippen LogP contribution is -2.22. The molecular formula is C14H17FN4. The third kappa shape index (κ3) is 3.48. The number of anilines is 2. The zero-order valence-electron chi connectivity index (χ0n) is 10.9. The van der Waals surface area contributed by atoms with Gasteiger partial charge in [-0.3, -0.25) is 0 Å². The van der Waals surface area contributed by atoms with Gasteiger partial charge in [0.25, 0.3) is 0 Å². The molecule has 1 aromatic carbocycles. The summed E-state index contributed by atoms with van der Waals surface area (Å²) in [5.74, 6) is 0.431. The first kappa shape index (κ1) is 13.4. The molecule has 0 atom stereocenters. The molecule has 4 nitrogen and oxygen atoms in total. The van der Waals surface area contributed by atoms with Crippen LogP contribution >= 0.6 is 0 Å². The van der Waals surface area contributed by atoms with Crippen molar-refractivity contribution < 1.29 is 4.39 Å². The lowest BCUT2D eigenvalue weighted by Gasteiger charge is -2.23. The van der Waals surface area contributed by atoms with E-state index in [4.69, 9.17) is 5.73 Å². The lowest BCUT2D eigenvalue weighted by atomic mass is 10.2. The van der Waals surface area contributed by atoms with Crippen molar-refractivity contribution in [2.24, 2.45) is 5.73 Å². The highest BCUT2D eigenvalue weighted by Crippen LogP contribution is 2.23. The van der Waals surface area contributed by atoms with Crippen LogP contribution in [0.3, 0.4) is 0 Å². The number of nitrogens with zero attached hydrogens (tertiary/aromatic N) is 3. The standard InChI is InChI=1S/C14H17FN4/c1-11-6-7-14(18-17-11)19(9-3-8-16)13-5-2-4-12(15)10-13/h2,4-7,10H,3,8-9,16H2,1H3. The molecule has 1 aromatic heterocycles. The highest BCUT2D eigenvalue weighted by atomic mass is 19.1. The Morgan fingerprint density at radius 1 is 1.21 bits per heavy atom. The van der Waals surface area contributed by atoms with Crippen LogP contribution in [0.5, 0.6) is 0 Å². The van der Waals surface area contributed by atoms with Crippen molar-refractivity contribution in [1.82, 2.24) is 10.2 Å². The van der Waals surface area contributed by atoms with Gasteiger partial charge in [0.15, 0.2) is 5.82 Å². The van der Waals surface area contributed by atoms with E-state index in [2.05, 4.69) is 10.2 Å². The monoisotopic (exact) mass is 260 g/mol. The van der Waals surface area contributed by atoms with Gasteiger partial charge in [0.2, 0.25) is 0 Å². The summed E-state index contributed by atoms with van der Waals surface area (Å²) < 4.78 is 13.3. The molecule has 5 heteroatoms. The van der Waals surface area contributed by atoms with Crippen LogP contribution in [0.15, 0.2) is 36.4 Å². The summed E-state index contributed by atoms with van der Waals surface area (Å²) in [6.07, 6.45) is 0.798. The average molecular weight is 260 g/mol. The van der Waals surface area contributed by atoms with Crippen molar-refractivity contribution in [1.29, 1.82) is 0 Å². The Labute approximate surface area is 112 Å². The van der Waals surface area contributed by atoms with E-state index < -0.39 is 0 Å². The number of aryl methyl sites for hydroxylation is 1. The molecular weight excluding hydrogens is 243 g/mol. The summed E-state index contributed by atoms with van der Waals surface area (Å²) >= 11 is 0. The van der Waals surface area contributed by atoms with Gasteiger partial charge in [-0.2, -0.15) is 5.10 Å². The summed E-state index contributed by atoms with van der Waals surface area (Å²) in [4.78, 5) is 1.92. The van der Waals surface area contributed by atoms with Crippen LogP contribution in [0.1, 0.15) is 12.1 Å². The van der Waals surface area contributed by atoms with Crippen LogP contribution in [-0.4, -0.2) is 23.3 Å². The zero-order chi connectivity index (χ0) is 13.7. The van der Waals surface area contributed by atoms with E-state index in [1.165, 1.54) is 12.1 Å². The molecule has 100 valence electrons. The average Bonchev–Trinajstić information content (AvgIpc) is 2.41. The molecule has 2 aromatic rings. The fourth-order valence-corrected chi connectivity index (χ4v) is 1.81. The minimum Gasteiger partial charge on any atom is -0.330 e. The third-order valence-electron chi connectivity index (χ3n) is 2.77. The Kier molecular flexibility index (Phi) is 4.41. The molecule has 2 N–H and O–H groups in total. The Balaban J connectivity index is 2.32. The zero-order valence-corrected chi connectivity index (χ0v) is 10.9. The second-order valence-corrected chi connectivity index (χ2v) is 4.31. The molecule has 0 amide bonds. The number of nitrogens with two attached hydrogens (primary N) is 1. The van der Waals surface area contributed by atoms with Crippen LogP contribution in [0.2, 0.25) is 0 Å². The molecule has 2 rings (SSSR count). The van der Waals surface area contributed by atoms with Gasteiger partial charge in [-0.25, -0.2) is 4.39 Å². The van der Waals surface area contributed by atoms with Crippen molar-refractivity contribution in [3.63, 3.8) is 0 Å². The summed E-state index contributed by atoms with van der Waals surface area (Å²) in [5, 5.41) is 8.19. The molecule has 0 bridgehead atoms. The van der Waals surface area contributed by atoms with Crippen LogP contribution in [0, 0.1) is 12.7 Å². The lowest BCUT2D eigenvalue weighted by molar-refractivity contribution is 0.627. The minimum absolute atomic E-state index is 0.268. The van der Waals surface area contributed by atoms with Crippen molar-refractivity contribution >= 4 is 11.5 Å². The fourth-order valence-electron chi connectivity index (χ4n) is 1.81. The maximum Gasteiger partial charge on any atom is 0.155 e. The van der Waals surface area contributed by atoms with E-state index in [1.54, 1.807) is 6.07 Å². The van der Waals surface area contributed by atoms with E-state index in [1.807, 2.05) is 30.0 Å². The Hall–Kier alpha value is -2.01. The number of benzene rings is 1. The summed E-state index contributed by atoms with van der Waals surface area (Å²) in [7, 11) is 0. The van der Waals surface area contributed by atoms with Crippen molar-refractivity contribution in [2.45, 2.75) is 13.3 Å². The first-order valence-corrected chi connectivity index (χ1v) is 6.24. The van der Waals surface area contributed by atoms with Gasteiger partial charge in [0.05, 0.1) is 5.69 Å². The topological polar surface area (TPSA) is 55.0 Å². The van der Waals surface area contributed by atoms with E-state index >= 15 is 0 Å². The van der Waals surface area contributed by atoms with E-state index in [0.29, 0.717) is 18.9 Å². The largest absolute Gasteiger partial charge is 0.330 e. The number of hydrogen-bond donors (Lipinski definition) is 1. The molecule has 0 saturated heterocycles. The third-order valence-corrected chi connectivity index (χ3v) is 2.77. The number of halogens is 1. The second kappa shape index (κ2) is 6.24. The van der Waals surface area contributed by atoms with Gasteiger partial charge in [-0.1, -0.05) is 6.07 Å². The fraction of sp³-hybridized carbons (Fsp3) is 0.286. The van der Waals surface area contributed by atoms with Crippen molar-refractivity contribution in [2.75, 3.05) is 18.0 Å². The van der Waals surface area contributed by atoms with Crippen molar-refractivity contribution in [3.8, 4) is 0 Å². The maximum atomic E-state index is 13.3. The first-order chi connectivity index (χ1) is 9.20. The number of aromatic nitrogens is 2. The van der Waals surface area contributed by atoms with E-state index in [9.17, 15) is 4.39 Å². The second-order valence-electron chi connectivity index (χ2n) is 4.31. The highest BCUT2D eigenvalue weighted by molar-refractivity contribution is 5.59. The quantitative estimate of drug-likeness (QED) is 0.897. The van der Waals surface area contributed by atoms with Gasteiger partial charge >= 0.3 is 0 Å². The van der Waals surface area contributed by atoms with Gasteiger partial charge in [0, 0.05) is 12.2 Å². The smallest absolute Gasteiger partial charge is 0.155 e. The molecule has 19 heavy (non-hydrogen) atoms. The van der Waals surface area contributed by atoms with Crippen LogP contribution < -0.4 is 10.6 Å². The molecule has 0 spiro atoms. The van der Waals surface area contributed by atoms with E-state index in [0.717, 1.165) is 17.8 Å². The normalized spacial score (nSPS) is 10.5. The summed E-state index contributed by atoms with van der Waals surface area (Å²) in [6.45, 7) is 3.13. The molecule has 0 aliphatic rings. The minimum atomic E-state index is -0.268. The van der Waals surface area contributed by atoms with Crippen LogP contribution in [0.4, 0.5) is 15.9 Å². The molecule has 0 unspecified atom stereocenters. The highest BCUT2D eigenvalue weighted by Gasteiger charge is 2.11. The number of hydrogen-bond acceptors (Lipinski definition) is 4. The SMILES string of the molecule is Cc1ccc(N(CCCN)c2cccc(F)c2)nn1. The predicted molar refractivity (Wildman–Crippen MR) is 73.8 cm³/mol. The van der Waals surface area contributed by atoms with E-state index in [-0.39, 0.29) is 5.82 Å². The van der Waals surface area contributed by atoms with Gasteiger partial charge in [-0.15, -0.1) is 5.10 Å². The first-order valence-electron chi connectivity index (χ1n) is 6.24. The summed E-state index contributed by atoms with van der Waals surface area (Å²) in [5.41, 5.74) is 7.16. The van der Waals surface area contributed by atoms with Gasteiger partial charge in [-0.05, 0) is 50.2 Å². The Morgan fingerprint density at radius 3 is 2.68 bits per heavy atom. The molecule has 0 radical (unpaired) electrons. The Bertz CT molecular complexity index is 527. The van der Waals surface area contributed by atoms with Gasteiger partial charge < -0.3 is 10.6 Å². The molecule has 1 heterocycles. The Morgan fingerprint density at radius 2 is 2.05 bits per heavy atom. The van der Waals surface area contributed by atoms with Crippen LogP contribution in [-0.2, 0) is 0 Å². The molecule has 0 fully saturated rings. The van der Waals surface area contributed by atoms with Gasteiger partial charge in [0.1, 0.15) is 5.82 Å². The molecule has 0 aliphatic heterocycles. The van der Waals surface area contributed by atoms with Crippen molar-refractivity contribution in [3.05, 3.63) is 47.9 Å². The molecule has 0 saturated carbocycles. The summed E-state index contributed by atoms with van der Waals surface area (Å²) in [6, 6.07) is 10.2. The number of rotatable bonds is 5.